The molecule has 0 saturated heterocycles. The molecule has 0 atom stereocenters. The van der Waals surface area contributed by atoms with Crippen molar-refractivity contribution in [3.8, 4) is 16.6 Å². The van der Waals surface area contributed by atoms with E-state index in [2.05, 4.69) is 21.6 Å². The second-order valence-electron chi connectivity index (χ2n) is 6.37. The molecule has 0 saturated carbocycles. The van der Waals surface area contributed by atoms with Gasteiger partial charge in [0.05, 0.1) is 17.2 Å². The van der Waals surface area contributed by atoms with E-state index in [4.69, 9.17) is 9.68 Å². The van der Waals surface area contributed by atoms with Crippen molar-refractivity contribution in [3.63, 3.8) is 0 Å². The molecule has 3 aromatic carbocycles. The van der Waals surface area contributed by atoms with Gasteiger partial charge in [-0.05, 0) is 47.2 Å². The summed E-state index contributed by atoms with van der Waals surface area (Å²) in [6.45, 7) is 0. The van der Waals surface area contributed by atoms with Crippen LogP contribution in [0.2, 0.25) is 0 Å². The Hall–Kier alpha value is -4.02. The van der Waals surface area contributed by atoms with Gasteiger partial charge in [0.2, 0.25) is 5.13 Å². The summed E-state index contributed by atoms with van der Waals surface area (Å²) in [6, 6.07) is 22.6. The standard InChI is InChI=1S/C22H12N4O2S/c23-12-13-5-8-15(9-6-13)24-22-26-25-20(29-22)18-11-17-16-4-2-1-3-14(16)7-10-19(17)28-21(18)27/h1-11H,(H,24,26). The van der Waals surface area contributed by atoms with Crippen LogP contribution in [-0.4, -0.2) is 10.2 Å². The predicted molar refractivity (Wildman–Crippen MR) is 113 cm³/mol. The lowest BCUT2D eigenvalue weighted by molar-refractivity contribution is 0.563. The van der Waals surface area contributed by atoms with E-state index in [1.54, 1.807) is 30.3 Å². The molecule has 0 aliphatic carbocycles. The van der Waals surface area contributed by atoms with Crippen molar-refractivity contribution >= 4 is 43.9 Å². The first-order valence-corrected chi connectivity index (χ1v) is 9.59. The summed E-state index contributed by atoms with van der Waals surface area (Å²) >= 11 is 1.26. The van der Waals surface area contributed by atoms with Crippen molar-refractivity contribution in [3.05, 3.63) is 82.7 Å². The van der Waals surface area contributed by atoms with E-state index in [0.29, 0.717) is 26.8 Å². The van der Waals surface area contributed by atoms with Crippen LogP contribution in [0.4, 0.5) is 10.8 Å². The lowest BCUT2D eigenvalue weighted by atomic mass is 10.0. The lowest BCUT2D eigenvalue weighted by Crippen LogP contribution is -2.02. The summed E-state index contributed by atoms with van der Waals surface area (Å²) in [5, 5.41) is 24.3. The van der Waals surface area contributed by atoms with Crippen LogP contribution in [0.1, 0.15) is 5.56 Å². The van der Waals surface area contributed by atoms with Crippen molar-refractivity contribution in [1.82, 2.24) is 10.2 Å². The van der Waals surface area contributed by atoms with Gasteiger partial charge in [-0.2, -0.15) is 5.26 Å². The molecule has 6 nitrogen and oxygen atoms in total. The molecular formula is C22H12N4O2S. The van der Waals surface area contributed by atoms with Gasteiger partial charge in [-0.3, -0.25) is 0 Å². The van der Waals surface area contributed by atoms with E-state index < -0.39 is 5.63 Å². The molecule has 29 heavy (non-hydrogen) atoms. The topological polar surface area (TPSA) is 91.8 Å². The van der Waals surface area contributed by atoms with Crippen molar-refractivity contribution in [1.29, 1.82) is 5.26 Å². The second-order valence-corrected chi connectivity index (χ2v) is 7.35. The quantitative estimate of drug-likeness (QED) is 0.338. The van der Waals surface area contributed by atoms with Gasteiger partial charge in [0.1, 0.15) is 5.58 Å². The van der Waals surface area contributed by atoms with Gasteiger partial charge in [0, 0.05) is 11.1 Å². The Balaban J connectivity index is 1.55. The molecule has 0 aliphatic heterocycles. The van der Waals surface area contributed by atoms with Gasteiger partial charge in [-0.25, -0.2) is 4.79 Å². The van der Waals surface area contributed by atoms with Crippen LogP contribution in [0.25, 0.3) is 32.3 Å². The van der Waals surface area contributed by atoms with Crippen molar-refractivity contribution in [2.45, 2.75) is 0 Å². The molecule has 0 bridgehead atoms. The average Bonchev–Trinajstić information content (AvgIpc) is 3.22. The minimum atomic E-state index is -0.450. The monoisotopic (exact) mass is 396 g/mol. The Morgan fingerprint density at radius 3 is 2.62 bits per heavy atom. The molecule has 5 aromatic rings. The number of nitriles is 1. The fourth-order valence-electron chi connectivity index (χ4n) is 3.15. The van der Waals surface area contributed by atoms with Crippen molar-refractivity contribution in [2.75, 3.05) is 5.32 Å². The summed E-state index contributed by atoms with van der Waals surface area (Å²) in [5.74, 6) is 0. The molecule has 5 rings (SSSR count). The third kappa shape index (κ3) is 3.12. The molecule has 2 aromatic heterocycles. The Kier molecular flexibility index (Phi) is 4.04. The van der Waals surface area contributed by atoms with E-state index >= 15 is 0 Å². The zero-order chi connectivity index (χ0) is 19.8. The molecule has 2 heterocycles. The number of nitrogens with one attached hydrogen (secondary N) is 1. The Bertz CT molecular complexity index is 1460. The van der Waals surface area contributed by atoms with Crippen LogP contribution in [0.15, 0.2) is 75.9 Å². The highest BCUT2D eigenvalue weighted by molar-refractivity contribution is 7.18. The first-order valence-electron chi connectivity index (χ1n) is 8.78. The van der Waals surface area contributed by atoms with Crippen LogP contribution < -0.4 is 10.9 Å². The number of anilines is 2. The lowest BCUT2D eigenvalue weighted by Gasteiger charge is -2.04. The number of fused-ring (bicyclic) bond motifs is 3. The maximum absolute atomic E-state index is 12.5. The zero-order valence-electron chi connectivity index (χ0n) is 14.9. The maximum atomic E-state index is 12.5. The number of nitrogens with zero attached hydrogens (tertiary/aromatic N) is 3. The molecular weight excluding hydrogens is 384 g/mol. The van der Waals surface area contributed by atoms with Crippen LogP contribution in [0, 0.1) is 11.3 Å². The summed E-state index contributed by atoms with van der Waals surface area (Å²) in [7, 11) is 0. The number of aromatic nitrogens is 2. The van der Waals surface area contributed by atoms with Crippen molar-refractivity contribution in [2.24, 2.45) is 0 Å². The zero-order valence-corrected chi connectivity index (χ0v) is 15.7. The summed E-state index contributed by atoms with van der Waals surface area (Å²) in [6.07, 6.45) is 0. The fourth-order valence-corrected chi connectivity index (χ4v) is 3.92. The van der Waals surface area contributed by atoms with E-state index in [-0.39, 0.29) is 0 Å². The van der Waals surface area contributed by atoms with E-state index in [9.17, 15) is 4.79 Å². The van der Waals surface area contributed by atoms with Gasteiger partial charge in [-0.1, -0.05) is 41.7 Å². The smallest absolute Gasteiger partial charge is 0.346 e. The highest BCUT2D eigenvalue weighted by Crippen LogP contribution is 2.31. The van der Waals surface area contributed by atoms with Crippen molar-refractivity contribution < 1.29 is 4.42 Å². The summed E-state index contributed by atoms with van der Waals surface area (Å²) < 4.78 is 5.54. The van der Waals surface area contributed by atoms with Crippen LogP contribution >= 0.6 is 11.3 Å². The van der Waals surface area contributed by atoms with Crippen LogP contribution in [0.5, 0.6) is 0 Å². The summed E-state index contributed by atoms with van der Waals surface area (Å²) in [5.41, 5.74) is 1.82. The van der Waals surface area contributed by atoms with Gasteiger partial charge in [0.25, 0.3) is 0 Å². The highest BCUT2D eigenvalue weighted by Gasteiger charge is 2.14. The molecule has 138 valence electrons. The molecule has 0 radical (unpaired) electrons. The average molecular weight is 396 g/mol. The first kappa shape index (κ1) is 17.1. The van der Waals surface area contributed by atoms with E-state index in [0.717, 1.165) is 21.8 Å². The molecule has 7 heteroatoms. The third-order valence-electron chi connectivity index (χ3n) is 4.56. The minimum absolute atomic E-state index is 0.374. The normalized spacial score (nSPS) is 10.9. The molecule has 0 amide bonds. The molecule has 0 spiro atoms. The van der Waals surface area contributed by atoms with Gasteiger partial charge in [0.15, 0.2) is 5.01 Å². The molecule has 1 N–H and O–H groups in total. The molecule has 0 aliphatic rings. The second kappa shape index (κ2) is 6.86. The maximum Gasteiger partial charge on any atom is 0.346 e. The minimum Gasteiger partial charge on any atom is -0.422 e. The number of rotatable bonds is 3. The predicted octanol–water partition coefficient (Wildman–Crippen LogP) is 5.08. The largest absolute Gasteiger partial charge is 0.422 e. The Morgan fingerprint density at radius 2 is 1.79 bits per heavy atom. The van der Waals surface area contributed by atoms with Gasteiger partial charge in [-0.15, -0.1) is 10.2 Å². The first-order chi connectivity index (χ1) is 14.2. The number of hydrogen-bond acceptors (Lipinski definition) is 7. The van der Waals surface area contributed by atoms with E-state index in [1.807, 2.05) is 36.4 Å². The van der Waals surface area contributed by atoms with Gasteiger partial charge >= 0.3 is 5.63 Å². The molecule has 0 fully saturated rings. The number of hydrogen-bond donors (Lipinski definition) is 1. The summed E-state index contributed by atoms with van der Waals surface area (Å²) in [4.78, 5) is 12.5. The SMILES string of the molecule is N#Cc1ccc(Nc2nnc(-c3cc4c(ccc5ccccc54)oc3=O)s2)cc1. The van der Waals surface area contributed by atoms with Crippen LogP contribution in [0.3, 0.4) is 0 Å². The molecule has 0 unspecified atom stereocenters. The van der Waals surface area contributed by atoms with Crippen LogP contribution in [-0.2, 0) is 0 Å². The van der Waals surface area contributed by atoms with Gasteiger partial charge < -0.3 is 9.73 Å². The Morgan fingerprint density at radius 1 is 0.966 bits per heavy atom. The third-order valence-corrected chi connectivity index (χ3v) is 5.43. The Labute approximate surface area is 168 Å². The number of benzene rings is 3. The highest BCUT2D eigenvalue weighted by atomic mass is 32.1. The fraction of sp³-hybridized carbons (Fsp3) is 0. The van der Waals surface area contributed by atoms with E-state index in [1.165, 1.54) is 11.3 Å².